The van der Waals surface area contributed by atoms with E-state index >= 15 is 0 Å². The van der Waals surface area contributed by atoms with Gasteiger partial charge in [-0.05, 0) is 80.5 Å². The number of aryl methyl sites for hydroxylation is 3. The minimum atomic E-state index is -3.58. The molecule has 0 aromatic heterocycles. The molecule has 0 radical (unpaired) electrons. The van der Waals surface area contributed by atoms with Crippen molar-refractivity contribution >= 4 is 39.1 Å². The third kappa shape index (κ3) is 5.84. The van der Waals surface area contributed by atoms with Crippen LogP contribution in [0.1, 0.15) is 53.6 Å². The summed E-state index contributed by atoms with van der Waals surface area (Å²) in [5, 5.41) is 3.81. The molecule has 8 heteroatoms. The molecule has 2 aromatic carbocycles. The van der Waals surface area contributed by atoms with E-state index in [-0.39, 0.29) is 30.2 Å². The van der Waals surface area contributed by atoms with E-state index in [1.807, 2.05) is 13.8 Å². The molecular weight excluding hydrogens is 467 g/mol. The predicted octanol–water partition coefficient (Wildman–Crippen LogP) is 5.34. The highest BCUT2D eigenvalue weighted by Gasteiger charge is 2.33. The summed E-state index contributed by atoms with van der Waals surface area (Å²) in [7, 11) is -3.58. The summed E-state index contributed by atoms with van der Waals surface area (Å²) >= 11 is 12.0. The summed E-state index contributed by atoms with van der Waals surface area (Å²) in [5.41, 5.74) is 5.20. The van der Waals surface area contributed by atoms with Gasteiger partial charge in [0, 0.05) is 13.1 Å². The first-order valence-corrected chi connectivity index (χ1v) is 13.1. The molecule has 1 N–H and O–H groups in total. The monoisotopic (exact) mass is 496 g/mol. The molecule has 0 bridgehead atoms. The van der Waals surface area contributed by atoms with Gasteiger partial charge in [0.1, 0.15) is 0 Å². The average Bonchev–Trinajstić information content (AvgIpc) is 2.73. The first-order chi connectivity index (χ1) is 15.0. The van der Waals surface area contributed by atoms with Gasteiger partial charge in [0.2, 0.25) is 15.9 Å². The van der Waals surface area contributed by atoms with Crippen LogP contribution in [0.25, 0.3) is 0 Å². The topological polar surface area (TPSA) is 66.5 Å². The number of nitrogens with zero attached hydrogens (tertiary/aromatic N) is 1. The standard InChI is InChI=1S/C24H30Cl2N2O3S/c1-15-10-17(3)21(11-16(15)2)18(4)27-24(29)20-6-5-9-28(13-20)32(30,31)14-19-7-8-22(25)23(26)12-19/h7-8,10-12,18,20H,5-6,9,13-14H2,1-4H3,(H,27,29)/t18-,20-/m1/s1. The molecule has 1 aliphatic heterocycles. The maximum absolute atomic E-state index is 13.0. The van der Waals surface area contributed by atoms with E-state index in [1.165, 1.54) is 15.4 Å². The smallest absolute Gasteiger partial charge is 0.224 e. The molecule has 5 nitrogen and oxygen atoms in total. The van der Waals surface area contributed by atoms with Crippen molar-refractivity contribution in [2.75, 3.05) is 13.1 Å². The van der Waals surface area contributed by atoms with Crippen molar-refractivity contribution in [2.45, 2.75) is 52.3 Å². The number of hydrogen-bond donors (Lipinski definition) is 1. The number of carbonyl (C=O) groups is 1. The molecule has 2 atom stereocenters. The molecule has 1 heterocycles. The number of halogens is 2. The zero-order chi connectivity index (χ0) is 23.6. The van der Waals surface area contributed by atoms with Gasteiger partial charge in [-0.25, -0.2) is 12.7 Å². The number of benzene rings is 2. The van der Waals surface area contributed by atoms with Gasteiger partial charge in [-0.2, -0.15) is 0 Å². The van der Waals surface area contributed by atoms with Gasteiger partial charge in [-0.1, -0.05) is 41.4 Å². The van der Waals surface area contributed by atoms with Crippen molar-refractivity contribution in [1.29, 1.82) is 0 Å². The molecule has 1 fully saturated rings. The first-order valence-electron chi connectivity index (χ1n) is 10.8. The second-order valence-electron chi connectivity index (χ2n) is 8.73. The van der Waals surface area contributed by atoms with Gasteiger partial charge in [-0.15, -0.1) is 0 Å². The largest absolute Gasteiger partial charge is 0.349 e. The highest BCUT2D eigenvalue weighted by molar-refractivity contribution is 7.88. The fourth-order valence-electron chi connectivity index (χ4n) is 4.20. The van der Waals surface area contributed by atoms with Gasteiger partial charge in [0.15, 0.2) is 0 Å². The van der Waals surface area contributed by atoms with Crippen molar-refractivity contribution in [3.05, 3.63) is 68.2 Å². The Morgan fingerprint density at radius 1 is 1.09 bits per heavy atom. The van der Waals surface area contributed by atoms with Crippen LogP contribution in [0.3, 0.4) is 0 Å². The maximum atomic E-state index is 13.0. The lowest BCUT2D eigenvalue weighted by Gasteiger charge is -2.32. The lowest BCUT2D eigenvalue weighted by molar-refractivity contribution is -0.126. The number of amides is 1. The number of nitrogens with one attached hydrogen (secondary N) is 1. The second kappa shape index (κ2) is 10.1. The van der Waals surface area contributed by atoms with E-state index in [9.17, 15) is 13.2 Å². The van der Waals surface area contributed by atoms with E-state index in [1.54, 1.807) is 18.2 Å². The zero-order valence-corrected chi connectivity index (χ0v) is 21.2. The molecule has 1 saturated heterocycles. The van der Waals surface area contributed by atoms with Gasteiger partial charge < -0.3 is 5.32 Å². The number of carbonyl (C=O) groups excluding carboxylic acids is 1. The third-order valence-corrected chi connectivity index (χ3v) is 8.74. The van der Waals surface area contributed by atoms with E-state index in [2.05, 4.69) is 31.3 Å². The minimum Gasteiger partial charge on any atom is -0.349 e. The highest BCUT2D eigenvalue weighted by atomic mass is 35.5. The predicted molar refractivity (Wildman–Crippen MR) is 131 cm³/mol. The van der Waals surface area contributed by atoms with Gasteiger partial charge in [-0.3, -0.25) is 4.79 Å². The molecule has 3 rings (SSSR count). The summed E-state index contributed by atoms with van der Waals surface area (Å²) in [6, 6.07) is 8.93. The van der Waals surface area contributed by atoms with Crippen LogP contribution in [0.5, 0.6) is 0 Å². The SMILES string of the molecule is Cc1cc(C)c([C@@H](C)NC(=O)[C@@H]2CCCN(S(=O)(=O)Cc3ccc(Cl)c(Cl)c3)C2)cc1C. The lowest BCUT2D eigenvalue weighted by atomic mass is 9.95. The number of rotatable bonds is 6. The Morgan fingerprint density at radius 2 is 1.78 bits per heavy atom. The number of piperidine rings is 1. The van der Waals surface area contributed by atoms with Crippen molar-refractivity contribution in [2.24, 2.45) is 5.92 Å². The highest BCUT2D eigenvalue weighted by Crippen LogP contribution is 2.27. The second-order valence-corrected chi connectivity index (χ2v) is 11.5. The van der Waals surface area contributed by atoms with Crippen LogP contribution < -0.4 is 5.32 Å². The minimum absolute atomic E-state index is 0.107. The summed E-state index contributed by atoms with van der Waals surface area (Å²) in [6.45, 7) is 8.75. The van der Waals surface area contributed by atoms with Crippen LogP contribution in [-0.4, -0.2) is 31.7 Å². The Hall–Kier alpha value is -1.60. The van der Waals surface area contributed by atoms with E-state index in [0.717, 1.165) is 11.1 Å². The van der Waals surface area contributed by atoms with Crippen molar-refractivity contribution in [1.82, 2.24) is 9.62 Å². The van der Waals surface area contributed by atoms with E-state index in [0.29, 0.717) is 35.0 Å². The van der Waals surface area contributed by atoms with Crippen molar-refractivity contribution in [3.63, 3.8) is 0 Å². The molecule has 2 aromatic rings. The normalized spacial score (nSPS) is 18.4. The third-order valence-electron chi connectivity index (χ3n) is 6.19. The van der Waals surface area contributed by atoms with Gasteiger partial charge in [0.25, 0.3) is 0 Å². The van der Waals surface area contributed by atoms with Crippen LogP contribution in [0.2, 0.25) is 10.0 Å². The average molecular weight is 497 g/mol. The molecule has 0 spiro atoms. The fraction of sp³-hybridized carbons (Fsp3) is 0.458. The molecule has 32 heavy (non-hydrogen) atoms. The fourth-order valence-corrected chi connectivity index (χ4v) is 6.12. The van der Waals surface area contributed by atoms with Crippen LogP contribution in [0.4, 0.5) is 0 Å². The quantitative estimate of drug-likeness (QED) is 0.586. The molecule has 1 aliphatic rings. The summed E-state index contributed by atoms with van der Waals surface area (Å²) in [5.74, 6) is -0.651. The molecule has 174 valence electrons. The first kappa shape index (κ1) is 25.0. The number of hydrogen-bond acceptors (Lipinski definition) is 3. The van der Waals surface area contributed by atoms with Gasteiger partial charge >= 0.3 is 0 Å². The Kier molecular flexibility index (Phi) is 7.92. The molecule has 0 unspecified atom stereocenters. The molecule has 1 amide bonds. The molecule has 0 saturated carbocycles. The van der Waals surface area contributed by atoms with E-state index in [4.69, 9.17) is 23.2 Å². The Labute approximate surface area is 201 Å². The van der Waals surface area contributed by atoms with Crippen LogP contribution in [0, 0.1) is 26.7 Å². The Bertz CT molecular complexity index is 1120. The Balaban J connectivity index is 1.67. The molecule has 0 aliphatic carbocycles. The van der Waals surface area contributed by atoms with Crippen LogP contribution in [0.15, 0.2) is 30.3 Å². The summed E-state index contributed by atoms with van der Waals surface area (Å²) < 4.78 is 27.4. The van der Waals surface area contributed by atoms with Crippen molar-refractivity contribution in [3.8, 4) is 0 Å². The maximum Gasteiger partial charge on any atom is 0.224 e. The summed E-state index contributed by atoms with van der Waals surface area (Å²) in [6.07, 6.45) is 1.32. The Morgan fingerprint density at radius 3 is 2.47 bits per heavy atom. The van der Waals surface area contributed by atoms with E-state index < -0.39 is 10.0 Å². The number of sulfonamides is 1. The van der Waals surface area contributed by atoms with Crippen LogP contribution >= 0.6 is 23.2 Å². The van der Waals surface area contributed by atoms with Crippen LogP contribution in [-0.2, 0) is 20.6 Å². The zero-order valence-electron chi connectivity index (χ0n) is 18.9. The lowest BCUT2D eigenvalue weighted by Crippen LogP contribution is -2.46. The van der Waals surface area contributed by atoms with Gasteiger partial charge in [0.05, 0.1) is 27.8 Å². The summed E-state index contributed by atoms with van der Waals surface area (Å²) in [4.78, 5) is 13.0. The van der Waals surface area contributed by atoms with Crippen molar-refractivity contribution < 1.29 is 13.2 Å². The molecular formula is C24H30Cl2N2O3S.